The Morgan fingerprint density at radius 1 is 1.20 bits per heavy atom. The highest BCUT2D eigenvalue weighted by Crippen LogP contribution is 2.07. The van der Waals surface area contributed by atoms with E-state index in [0.717, 1.165) is 38.9 Å². The van der Waals surface area contributed by atoms with E-state index in [0.29, 0.717) is 5.57 Å². The van der Waals surface area contributed by atoms with Gasteiger partial charge in [0.2, 0.25) is 5.91 Å². The van der Waals surface area contributed by atoms with Gasteiger partial charge in [-0.2, -0.15) is 0 Å². The number of amides is 1. The number of nitrogens with two attached hydrogens (primary N) is 1. The molecule has 0 bridgehead atoms. The van der Waals surface area contributed by atoms with Crippen LogP contribution in [0.2, 0.25) is 0 Å². The minimum absolute atomic E-state index is 0.362. The van der Waals surface area contributed by atoms with Gasteiger partial charge in [-0.25, -0.2) is 0 Å². The van der Waals surface area contributed by atoms with Crippen LogP contribution in [-0.4, -0.2) is 30.4 Å². The quantitative estimate of drug-likeness (QED) is 0.469. The largest absolute Gasteiger partial charge is 0.366 e. The maximum atomic E-state index is 10.7. The van der Waals surface area contributed by atoms with E-state index in [2.05, 4.69) is 25.3 Å². The minimum atomic E-state index is -0.362. The lowest BCUT2D eigenvalue weighted by atomic mass is 10.1. The highest BCUT2D eigenvalue weighted by atomic mass is 16.1. The van der Waals surface area contributed by atoms with Crippen LogP contribution in [0.1, 0.15) is 39.5 Å². The highest BCUT2D eigenvalue weighted by molar-refractivity contribution is 5.91. The van der Waals surface area contributed by atoms with Crippen molar-refractivity contribution < 1.29 is 4.79 Å². The number of nitrogens with zero attached hydrogens (tertiary/aromatic N) is 1. The zero-order valence-electron chi connectivity index (χ0n) is 10.1. The molecule has 0 rings (SSSR count). The third-order valence-corrected chi connectivity index (χ3v) is 2.70. The van der Waals surface area contributed by atoms with Crippen molar-refractivity contribution in [2.75, 3.05) is 19.6 Å². The fourth-order valence-corrected chi connectivity index (χ4v) is 1.51. The Labute approximate surface area is 93.3 Å². The lowest BCUT2D eigenvalue weighted by Gasteiger charge is -2.17. The normalized spacial score (nSPS) is 10.6. The number of primary amides is 1. The molecule has 3 heteroatoms. The summed E-state index contributed by atoms with van der Waals surface area (Å²) in [5.74, 6) is -0.362. The SMILES string of the molecule is C=C(CCCCCN(CC)CC)C(N)=O. The van der Waals surface area contributed by atoms with Crippen LogP contribution in [0.25, 0.3) is 0 Å². The number of carbonyl (C=O) groups is 1. The van der Waals surface area contributed by atoms with E-state index in [1.165, 1.54) is 6.42 Å². The van der Waals surface area contributed by atoms with Crippen LogP contribution in [0.4, 0.5) is 0 Å². The van der Waals surface area contributed by atoms with Gasteiger partial charge >= 0.3 is 0 Å². The average Bonchev–Trinajstić information content (AvgIpc) is 2.23. The predicted octanol–water partition coefficient (Wildman–Crippen LogP) is 1.93. The second kappa shape index (κ2) is 8.48. The molecule has 15 heavy (non-hydrogen) atoms. The van der Waals surface area contributed by atoms with Crippen LogP contribution in [0.15, 0.2) is 12.2 Å². The fourth-order valence-electron chi connectivity index (χ4n) is 1.51. The predicted molar refractivity (Wildman–Crippen MR) is 64.6 cm³/mol. The molecule has 0 aliphatic carbocycles. The Morgan fingerprint density at radius 3 is 2.27 bits per heavy atom. The molecule has 0 aromatic heterocycles. The Bertz CT molecular complexity index is 198. The zero-order valence-corrected chi connectivity index (χ0v) is 10.1. The molecule has 0 aliphatic heterocycles. The van der Waals surface area contributed by atoms with Crippen molar-refractivity contribution in [3.8, 4) is 0 Å². The summed E-state index contributed by atoms with van der Waals surface area (Å²) in [6.45, 7) is 11.4. The molecule has 3 nitrogen and oxygen atoms in total. The molecule has 0 aromatic rings. The molecule has 0 saturated carbocycles. The summed E-state index contributed by atoms with van der Waals surface area (Å²) in [6, 6.07) is 0. The van der Waals surface area contributed by atoms with E-state index < -0.39 is 0 Å². The number of hydrogen-bond donors (Lipinski definition) is 1. The van der Waals surface area contributed by atoms with E-state index >= 15 is 0 Å². The highest BCUT2D eigenvalue weighted by Gasteiger charge is 2.01. The standard InChI is InChI=1S/C12H24N2O/c1-4-14(5-2)10-8-6-7-9-11(3)12(13)15/h3-10H2,1-2H3,(H2,13,15). The van der Waals surface area contributed by atoms with Gasteiger partial charge in [-0.3, -0.25) is 4.79 Å². The second-order valence-corrected chi connectivity index (χ2v) is 3.81. The Morgan fingerprint density at radius 2 is 1.80 bits per heavy atom. The molecule has 0 radical (unpaired) electrons. The Hall–Kier alpha value is -0.830. The number of hydrogen-bond acceptors (Lipinski definition) is 2. The number of rotatable bonds is 9. The first-order chi connectivity index (χ1) is 7.11. The van der Waals surface area contributed by atoms with Crippen LogP contribution in [0.3, 0.4) is 0 Å². The summed E-state index contributed by atoms with van der Waals surface area (Å²) in [6.07, 6.45) is 4.09. The van der Waals surface area contributed by atoms with E-state index in [-0.39, 0.29) is 5.91 Å². The van der Waals surface area contributed by atoms with Gasteiger partial charge in [-0.1, -0.05) is 26.8 Å². The molecule has 0 fully saturated rings. The van der Waals surface area contributed by atoms with Crippen molar-refractivity contribution in [2.45, 2.75) is 39.5 Å². The first kappa shape index (κ1) is 14.2. The van der Waals surface area contributed by atoms with Crippen molar-refractivity contribution >= 4 is 5.91 Å². The molecule has 0 saturated heterocycles. The van der Waals surface area contributed by atoms with Gasteiger partial charge < -0.3 is 10.6 Å². The monoisotopic (exact) mass is 212 g/mol. The van der Waals surface area contributed by atoms with E-state index in [9.17, 15) is 4.79 Å². The first-order valence-electron chi connectivity index (χ1n) is 5.81. The van der Waals surface area contributed by atoms with E-state index in [1.54, 1.807) is 0 Å². The molecular weight excluding hydrogens is 188 g/mol. The smallest absolute Gasteiger partial charge is 0.244 e. The molecule has 88 valence electrons. The van der Waals surface area contributed by atoms with Crippen molar-refractivity contribution in [2.24, 2.45) is 5.73 Å². The van der Waals surface area contributed by atoms with E-state index in [1.807, 2.05) is 0 Å². The molecule has 0 aliphatic rings. The topological polar surface area (TPSA) is 46.3 Å². The summed E-state index contributed by atoms with van der Waals surface area (Å²) < 4.78 is 0. The molecule has 2 N–H and O–H groups in total. The molecular formula is C12H24N2O. The maximum absolute atomic E-state index is 10.7. The summed E-state index contributed by atoms with van der Waals surface area (Å²) >= 11 is 0. The third-order valence-electron chi connectivity index (χ3n) is 2.70. The number of unbranched alkanes of at least 4 members (excludes halogenated alkanes) is 2. The third kappa shape index (κ3) is 7.14. The van der Waals surface area contributed by atoms with Gasteiger partial charge in [0.25, 0.3) is 0 Å². The lowest BCUT2D eigenvalue weighted by Crippen LogP contribution is -2.23. The first-order valence-corrected chi connectivity index (χ1v) is 5.81. The molecule has 0 atom stereocenters. The van der Waals surface area contributed by atoms with Gasteiger partial charge in [0.1, 0.15) is 0 Å². The van der Waals surface area contributed by atoms with Gasteiger partial charge in [-0.05, 0) is 38.9 Å². The van der Waals surface area contributed by atoms with Gasteiger partial charge in [0.15, 0.2) is 0 Å². The summed E-state index contributed by atoms with van der Waals surface area (Å²) in [5.41, 5.74) is 5.65. The fraction of sp³-hybridized carbons (Fsp3) is 0.750. The van der Waals surface area contributed by atoms with Crippen LogP contribution in [-0.2, 0) is 4.79 Å². The molecule has 0 spiro atoms. The summed E-state index contributed by atoms with van der Waals surface area (Å²) in [7, 11) is 0. The molecule has 0 heterocycles. The average molecular weight is 212 g/mol. The van der Waals surface area contributed by atoms with Crippen molar-refractivity contribution in [3.05, 3.63) is 12.2 Å². The van der Waals surface area contributed by atoms with Crippen LogP contribution in [0, 0.1) is 0 Å². The van der Waals surface area contributed by atoms with Gasteiger partial charge in [-0.15, -0.1) is 0 Å². The van der Waals surface area contributed by atoms with Crippen LogP contribution < -0.4 is 5.73 Å². The van der Waals surface area contributed by atoms with Crippen molar-refractivity contribution in [1.29, 1.82) is 0 Å². The van der Waals surface area contributed by atoms with Crippen molar-refractivity contribution in [1.82, 2.24) is 4.90 Å². The van der Waals surface area contributed by atoms with Crippen LogP contribution >= 0.6 is 0 Å². The Balaban J connectivity index is 3.39. The molecule has 0 aromatic carbocycles. The maximum Gasteiger partial charge on any atom is 0.244 e. The summed E-state index contributed by atoms with van der Waals surface area (Å²) in [5, 5.41) is 0. The second-order valence-electron chi connectivity index (χ2n) is 3.81. The van der Waals surface area contributed by atoms with Crippen LogP contribution in [0.5, 0.6) is 0 Å². The number of carbonyl (C=O) groups excluding carboxylic acids is 1. The lowest BCUT2D eigenvalue weighted by molar-refractivity contribution is -0.114. The van der Waals surface area contributed by atoms with Crippen molar-refractivity contribution in [3.63, 3.8) is 0 Å². The van der Waals surface area contributed by atoms with Gasteiger partial charge in [0.05, 0.1) is 0 Å². The van der Waals surface area contributed by atoms with Gasteiger partial charge in [0, 0.05) is 5.57 Å². The zero-order chi connectivity index (χ0) is 11.7. The molecule has 1 amide bonds. The Kier molecular flexibility index (Phi) is 8.01. The van der Waals surface area contributed by atoms with E-state index in [4.69, 9.17) is 5.73 Å². The summed E-state index contributed by atoms with van der Waals surface area (Å²) in [4.78, 5) is 13.1. The minimum Gasteiger partial charge on any atom is -0.366 e. The molecule has 0 unspecified atom stereocenters.